The van der Waals surface area contributed by atoms with Gasteiger partial charge in [0.1, 0.15) is 0 Å². The lowest BCUT2D eigenvalue weighted by Crippen LogP contribution is -2.47. The van der Waals surface area contributed by atoms with Crippen LogP contribution in [-0.4, -0.2) is 17.0 Å². The summed E-state index contributed by atoms with van der Waals surface area (Å²) in [6.07, 6.45) is 8.18. The maximum absolute atomic E-state index is 5.04. The Hall–Kier alpha value is -1.96. The van der Waals surface area contributed by atoms with Gasteiger partial charge in [-0.15, -0.1) is 0 Å². The maximum atomic E-state index is 5.04. The first kappa shape index (κ1) is 18.4. The van der Waals surface area contributed by atoms with Crippen LogP contribution in [0, 0.1) is 10.8 Å². The molecule has 24 heavy (non-hydrogen) atoms. The van der Waals surface area contributed by atoms with Crippen molar-refractivity contribution in [2.45, 2.75) is 54.0 Å². The van der Waals surface area contributed by atoms with Crippen molar-refractivity contribution >= 4 is 17.1 Å². The summed E-state index contributed by atoms with van der Waals surface area (Å²) in [6.45, 7) is 15.9. The number of allylic oxidation sites excluding steroid dienone is 4. The third-order valence-electron chi connectivity index (χ3n) is 5.68. The van der Waals surface area contributed by atoms with E-state index in [9.17, 15) is 0 Å². The second kappa shape index (κ2) is 6.51. The number of benzene rings is 1. The summed E-state index contributed by atoms with van der Waals surface area (Å²) in [5.74, 6) is 0. The summed E-state index contributed by atoms with van der Waals surface area (Å²) in [6, 6.07) is 10.0. The molecule has 0 heterocycles. The molecule has 0 amide bonds. The van der Waals surface area contributed by atoms with Gasteiger partial charge in [0.15, 0.2) is 0 Å². The van der Waals surface area contributed by atoms with Crippen molar-refractivity contribution in [3.63, 3.8) is 0 Å². The summed E-state index contributed by atoms with van der Waals surface area (Å²) in [7, 11) is 0. The van der Waals surface area contributed by atoms with E-state index >= 15 is 0 Å². The molecule has 1 aromatic carbocycles. The van der Waals surface area contributed by atoms with Crippen LogP contribution in [0.2, 0.25) is 0 Å². The van der Waals surface area contributed by atoms with E-state index in [-0.39, 0.29) is 16.4 Å². The fourth-order valence-electron chi connectivity index (χ4n) is 2.63. The van der Waals surface area contributed by atoms with Gasteiger partial charge >= 0.3 is 0 Å². The lowest BCUT2D eigenvalue weighted by molar-refractivity contribution is 0.0526. The second-order valence-corrected chi connectivity index (χ2v) is 8.51. The molecule has 1 aliphatic rings. The van der Waals surface area contributed by atoms with Crippen LogP contribution >= 0.6 is 0 Å². The van der Waals surface area contributed by atoms with E-state index in [1.807, 2.05) is 42.5 Å². The Morgan fingerprint density at radius 3 is 1.67 bits per heavy atom. The average molecular weight is 322 g/mol. The molecule has 2 nitrogen and oxygen atoms in total. The minimum Gasteiger partial charge on any atom is -0.279 e. The molecule has 2 heteroatoms. The van der Waals surface area contributed by atoms with E-state index in [1.54, 1.807) is 0 Å². The lowest BCUT2D eigenvalue weighted by Gasteiger charge is -2.48. The molecule has 1 aromatic rings. The molecule has 0 spiro atoms. The van der Waals surface area contributed by atoms with Gasteiger partial charge < -0.3 is 0 Å². The predicted molar refractivity (Wildman–Crippen MR) is 107 cm³/mol. The third kappa shape index (κ3) is 3.92. The molecule has 0 aliphatic heterocycles. The smallest absolute Gasteiger partial charge is 0.0638 e. The minimum absolute atomic E-state index is 0.0626. The topological polar surface area (TPSA) is 24.7 Å². The molecular weight excluding hydrogens is 292 g/mol. The molecule has 0 aromatic heterocycles. The second-order valence-electron chi connectivity index (χ2n) is 8.51. The van der Waals surface area contributed by atoms with Gasteiger partial charge in [-0.2, -0.15) is 0 Å². The van der Waals surface area contributed by atoms with Crippen molar-refractivity contribution in [3.8, 4) is 0 Å². The number of nitrogens with zero attached hydrogens (tertiary/aromatic N) is 2. The van der Waals surface area contributed by atoms with Gasteiger partial charge in [0.25, 0.3) is 0 Å². The van der Waals surface area contributed by atoms with E-state index in [2.05, 4.69) is 65.6 Å². The molecule has 2 rings (SSSR count). The van der Waals surface area contributed by atoms with Crippen LogP contribution in [0.1, 0.15) is 48.5 Å². The van der Waals surface area contributed by atoms with Crippen LogP contribution in [0.25, 0.3) is 0 Å². The van der Waals surface area contributed by atoms with Crippen molar-refractivity contribution in [2.24, 2.45) is 20.8 Å². The van der Waals surface area contributed by atoms with Gasteiger partial charge in [-0.05, 0) is 61.1 Å². The zero-order valence-electron chi connectivity index (χ0n) is 16.1. The number of aliphatic imine (C=N–C) groups is 2. The van der Waals surface area contributed by atoms with E-state index in [4.69, 9.17) is 4.99 Å². The highest BCUT2D eigenvalue weighted by Crippen LogP contribution is 2.48. The van der Waals surface area contributed by atoms with Gasteiger partial charge in [0, 0.05) is 0 Å². The number of para-hydroxylation sites is 1. The highest BCUT2D eigenvalue weighted by Gasteiger charge is 2.45. The quantitative estimate of drug-likeness (QED) is 0.594. The molecular formula is C22H30N2. The molecule has 0 bridgehead atoms. The van der Waals surface area contributed by atoms with E-state index in [1.165, 1.54) is 0 Å². The number of hydrogen-bond donors (Lipinski definition) is 0. The molecule has 0 N–H and O–H groups in total. The average Bonchev–Trinajstić information content (AvgIpc) is 2.49. The van der Waals surface area contributed by atoms with Crippen molar-refractivity contribution < 1.29 is 0 Å². The van der Waals surface area contributed by atoms with Gasteiger partial charge in [0.05, 0.1) is 22.6 Å². The van der Waals surface area contributed by atoms with Gasteiger partial charge in [-0.1, -0.05) is 52.8 Å². The minimum atomic E-state index is -0.163. The first-order valence-electron chi connectivity index (χ1n) is 8.63. The van der Waals surface area contributed by atoms with Gasteiger partial charge in [0.2, 0.25) is 0 Å². The van der Waals surface area contributed by atoms with Crippen LogP contribution in [0.4, 0.5) is 5.69 Å². The number of rotatable bonds is 3. The maximum Gasteiger partial charge on any atom is 0.0638 e. The number of hydrogen-bond acceptors (Lipinski definition) is 2. The zero-order chi connectivity index (χ0) is 18.0. The molecule has 0 saturated carbocycles. The summed E-state index contributed by atoms with van der Waals surface area (Å²) in [4.78, 5) is 9.66. The van der Waals surface area contributed by atoms with Gasteiger partial charge in [-0.25, -0.2) is 4.99 Å². The Balaban J connectivity index is 2.22. The first-order valence-corrected chi connectivity index (χ1v) is 8.63. The Morgan fingerprint density at radius 2 is 1.17 bits per heavy atom. The van der Waals surface area contributed by atoms with E-state index in [0.717, 1.165) is 17.1 Å². The first-order chi connectivity index (χ1) is 11.0. The van der Waals surface area contributed by atoms with Crippen LogP contribution in [0.5, 0.6) is 0 Å². The third-order valence-corrected chi connectivity index (χ3v) is 5.68. The van der Waals surface area contributed by atoms with Crippen molar-refractivity contribution in [1.29, 1.82) is 0 Å². The fourth-order valence-corrected chi connectivity index (χ4v) is 2.63. The summed E-state index contributed by atoms with van der Waals surface area (Å²) < 4.78 is 0. The molecule has 0 unspecified atom stereocenters. The van der Waals surface area contributed by atoms with Crippen LogP contribution in [-0.2, 0) is 0 Å². The van der Waals surface area contributed by atoms with Crippen molar-refractivity contribution in [2.75, 3.05) is 0 Å². The van der Waals surface area contributed by atoms with Gasteiger partial charge in [-0.3, -0.25) is 4.99 Å². The Labute approximate surface area is 147 Å². The fraction of sp³-hybridized carbons (Fsp3) is 0.455. The van der Waals surface area contributed by atoms with E-state index < -0.39 is 0 Å². The summed E-state index contributed by atoms with van der Waals surface area (Å²) in [5, 5.41) is 0. The zero-order valence-corrected chi connectivity index (χ0v) is 16.1. The molecule has 0 atom stereocenters. The standard InChI is InChI=1S/C22H30N2/c1-20(2,3)21(4,5)22(6,7)24-19-15-13-18(14-16-19)23-17-11-9-8-10-12-17/h8-16H,1-7H3. The molecule has 0 fully saturated rings. The summed E-state index contributed by atoms with van der Waals surface area (Å²) >= 11 is 0. The van der Waals surface area contributed by atoms with Crippen molar-refractivity contribution in [3.05, 3.63) is 54.6 Å². The molecule has 0 radical (unpaired) electrons. The highest BCUT2D eigenvalue weighted by atomic mass is 14.9. The predicted octanol–water partition coefficient (Wildman–Crippen LogP) is 6.18. The SMILES string of the molecule is CC(C)(C)C(C)(C)C(C)(C)N=C1C=CC(=Nc2ccccc2)C=C1. The Morgan fingerprint density at radius 1 is 0.667 bits per heavy atom. The molecule has 128 valence electrons. The van der Waals surface area contributed by atoms with Crippen LogP contribution in [0.15, 0.2) is 64.6 Å². The summed E-state index contributed by atoms with van der Waals surface area (Å²) in [5.41, 5.74) is 2.99. The van der Waals surface area contributed by atoms with Crippen molar-refractivity contribution in [1.82, 2.24) is 0 Å². The van der Waals surface area contributed by atoms with Crippen LogP contribution in [0.3, 0.4) is 0 Å². The Bertz CT molecular complexity index is 675. The molecule has 1 aliphatic carbocycles. The largest absolute Gasteiger partial charge is 0.279 e. The highest BCUT2D eigenvalue weighted by molar-refractivity contribution is 6.19. The Kier molecular flexibility index (Phi) is 4.98. The normalized spacial score (nSPS) is 15.6. The monoisotopic (exact) mass is 322 g/mol. The molecule has 0 saturated heterocycles. The lowest BCUT2D eigenvalue weighted by atomic mass is 9.59. The van der Waals surface area contributed by atoms with Crippen LogP contribution < -0.4 is 0 Å². The van der Waals surface area contributed by atoms with E-state index in [0.29, 0.717) is 0 Å².